The third-order valence-corrected chi connectivity index (χ3v) is 3.35. The standard InChI is InChI=1S/C13H17BrN4O/c1-10-7-11(14)3-4-13(10)18-9-12(15-16-18)8-17(2)5-6-19/h3-4,7,9,19H,5-6,8H2,1-2H3. The van der Waals surface area contributed by atoms with Crippen LogP contribution in [-0.2, 0) is 6.54 Å². The van der Waals surface area contributed by atoms with Crippen molar-refractivity contribution in [1.29, 1.82) is 0 Å². The summed E-state index contributed by atoms with van der Waals surface area (Å²) in [5, 5.41) is 17.2. The Morgan fingerprint density at radius 2 is 2.21 bits per heavy atom. The van der Waals surface area contributed by atoms with E-state index in [0.29, 0.717) is 13.1 Å². The van der Waals surface area contributed by atoms with Crippen molar-refractivity contribution in [2.75, 3.05) is 20.2 Å². The van der Waals surface area contributed by atoms with Crippen LogP contribution in [0.2, 0.25) is 0 Å². The number of benzene rings is 1. The average Bonchev–Trinajstić information content (AvgIpc) is 2.77. The van der Waals surface area contributed by atoms with E-state index in [1.165, 1.54) is 0 Å². The zero-order valence-electron chi connectivity index (χ0n) is 11.0. The molecule has 1 N–H and O–H groups in total. The van der Waals surface area contributed by atoms with Gasteiger partial charge in [-0.1, -0.05) is 21.1 Å². The first-order chi connectivity index (χ1) is 9.10. The van der Waals surface area contributed by atoms with Gasteiger partial charge in [0.1, 0.15) is 0 Å². The lowest BCUT2D eigenvalue weighted by atomic mass is 10.2. The summed E-state index contributed by atoms with van der Waals surface area (Å²) in [6.07, 6.45) is 1.92. The van der Waals surface area contributed by atoms with Crippen molar-refractivity contribution in [2.24, 2.45) is 0 Å². The smallest absolute Gasteiger partial charge is 0.0971 e. The minimum atomic E-state index is 0.149. The molecule has 0 aliphatic carbocycles. The molecule has 0 fully saturated rings. The van der Waals surface area contributed by atoms with Gasteiger partial charge >= 0.3 is 0 Å². The lowest BCUT2D eigenvalue weighted by molar-refractivity contribution is 0.216. The molecule has 0 aliphatic rings. The van der Waals surface area contributed by atoms with Gasteiger partial charge in [-0.25, -0.2) is 4.68 Å². The maximum atomic E-state index is 8.87. The molecule has 1 aromatic carbocycles. The highest BCUT2D eigenvalue weighted by atomic mass is 79.9. The molecule has 1 heterocycles. The van der Waals surface area contributed by atoms with Gasteiger partial charge in [0.05, 0.1) is 24.2 Å². The van der Waals surface area contributed by atoms with Crippen molar-refractivity contribution in [3.05, 3.63) is 40.1 Å². The zero-order valence-corrected chi connectivity index (χ0v) is 12.6. The molecule has 0 radical (unpaired) electrons. The molecule has 2 rings (SSSR count). The highest BCUT2D eigenvalue weighted by Crippen LogP contribution is 2.18. The van der Waals surface area contributed by atoms with E-state index in [2.05, 4.69) is 32.3 Å². The van der Waals surface area contributed by atoms with Crippen LogP contribution in [0.3, 0.4) is 0 Å². The second-order valence-electron chi connectivity index (χ2n) is 4.55. The second kappa shape index (κ2) is 6.27. The molecule has 0 spiro atoms. The Labute approximate surface area is 121 Å². The van der Waals surface area contributed by atoms with Crippen molar-refractivity contribution in [3.8, 4) is 5.69 Å². The minimum absolute atomic E-state index is 0.149. The number of nitrogens with zero attached hydrogens (tertiary/aromatic N) is 4. The number of aliphatic hydroxyl groups is 1. The van der Waals surface area contributed by atoms with Gasteiger partial charge in [-0.15, -0.1) is 5.10 Å². The number of aromatic nitrogens is 3. The van der Waals surface area contributed by atoms with Gasteiger partial charge < -0.3 is 5.11 Å². The molecule has 6 heteroatoms. The van der Waals surface area contributed by atoms with E-state index < -0.39 is 0 Å². The Kier molecular flexibility index (Phi) is 4.68. The van der Waals surface area contributed by atoms with Gasteiger partial charge in [0.2, 0.25) is 0 Å². The van der Waals surface area contributed by atoms with Gasteiger partial charge in [0.15, 0.2) is 0 Å². The number of rotatable bonds is 5. The topological polar surface area (TPSA) is 54.2 Å². The van der Waals surface area contributed by atoms with Crippen LogP contribution in [0.4, 0.5) is 0 Å². The zero-order chi connectivity index (χ0) is 13.8. The SMILES string of the molecule is Cc1cc(Br)ccc1-n1cc(CN(C)CCO)nn1. The number of aryl methyl sites for hydroxylation is 1. The summed E-state index contributed by atoms with van der Waals surface area (Å²) in [7, 11) is 1.94. The Balaban J connectivity index is 2.16. The molecule has 0 saturated carbocycles. The van der Waals surface area contributed by atoms with E-state index >= 15 is 0 Å². The fraction of sp³-hybridized carbons (Fsp3) is 0.385. The molecule has 2 aromatic rings. The van der Waals surface area contributed by atoms with Crippen molar-refractivity contribution < 1.29 is 5.11 Å². The Morgan fingerprint density at radius 3 is 2.89 bits per heavy atom. The second-order valence-corrected chi connectivity index (χ2v) is 5.46. The maximum absolute atomic E-state index is 8.87. The first-order valence-electron chi connectivity index (χ1n) is 6.07. The van der Waals surface area contributed by atoms with Gasteiger partial charge in [-0.2, -0.15) is 0 Å². The summed E-state index contributed by atoms with van der Waals surface area (Å²) >= 11 is 3.45. The molecule has 0 saturated heterocycles. The van der Waals surface area contributed by atoms with Crippen LogP contribution >= 0.6 is 15.9 Å². The predicted molar refractivity (Wildman–Crippen MR) is 77.2 cm³/mol. The number of hydrogen-bond acceptors (Lipinski definition) is 4. The lowest BCUT2D eigenvalue weighted by Crippen LogP contribution is -2.21. The normalized spacial score (nSPS) is 11.2. The monoisotopic (exact) mass is 324 g/mol. The summed E-state index contributed by atoms with van der Waals surface area (Å²) in [6, 6.07) is 6.05. The fourth-order valence-electron chi connectivity index (χ4n) is 1.89. The third-order valence-electron chi connectivity index (χ3n) is 2.86. The molecule has 0 aliphatic heterocycles. The number of halogens is 1. The number of likely N-dealkylation sites (N-methyl/N-ethyl adjacent to an activating group) is 1. The Bertz CT molecular complexity index is 555. The average molecular weight is 325 g/mol. The van der Waals surface area contributed by atoms with Gasteiger partial charge in [-0.05, 0) is 37.7 Å². The molecular weight excluding hydrogens is 308 g/mol. The van der Waals surface area contributed by atoms with Crippen LogP contribution in [0, 0.1) is 6.92 Å². The summed E-state index contributed by atoms with van der Waals surface area (Å²) in [6.45, 7) is 3.50. The summed E-state index contributed by atoms with van der Waals surface area (Å²) in [5.74, 6) is 0. The molecule has 102 valence electrons. The first kappa shape index (κ1) is 14.2. The van der Waals surface area contributed by atoms with Gasteiger partial charge in [-0.3, -0.25) is 4.90 Å². The van der Waals surface area contributed by atoms with E-state index in [9.17, 15) is 0 Å². The van der Waals surface area contributed by atoms with Crippen molar-refractivity contribution >= 4 is 15.9 Å². The molecule has 0 atom stereocenters. The molecule has 1 aromatic heterocycles. The van der Waals surface area contributed by atoms with Crippen molar-refractivity contribution in [1.82, 2.24) is 19.9 Å². The van der Waals surface area contributed by atoms with Crippen LogP contribution in [0.15, 0.2) is 28.9 Å². The predicted octanol–water partition coefficient (Wildman–Crippen LogP) is 1.76. The largest absolute Gasteiger partial charge is 0.395 e. The summed E-state index contributed by atoms with van der Waals surface area (Å²) in [5.41, 5.74) is 3.04. The molecule has 0 bridgehead atoms. The first-order valence-corrected chi connectivity index (χ1v) is 6.86. The van der Waals surface area contributed by atoms with Gasteiger partial charge in [0.25, 0.3) is 0 Å². The van der Waals surface area contributed by atoms with E-state index in [0.717, 1.165) is 21.4 Å². The Hall–Kier alpha value is -1.24. The molecule has 0 amide bonds. The van der Waals surface area contributed by atoms with E-state index in [-0.39, 0.29) is 6.61 Å². The van der Waals surface area contributed by atoms with Crippen LogP contribution in [-0.4, -0.2) is 45.2 Å². The van der Waals surface area contributed by atoms with E-state index in [1.54, 1.807) is 4.68 Å². The Morgan fingerprint density at radius 1 is 1.42 bits per heavy atom. The van der Waals surface area contributed by atoms with Crippen LogP contribution < -0.4 is 0 Å². The molecule has 5 nitrogen and oxygen atoms in total. The maximum Gasteiger partial charge on any atom is 0.0971 e. The molecule has 0 unspecified atom stereocenters. The van der Waals surface area contributed by atoms with E-state index in [4.69, 9.17) is 5.11 Å². The van der Waals surface area contributed by atoms with E-state index in [1.807, 2.05) is 37.2 Å². The van der Waals surface area contributed by atoms with Crippen LogP contribution in [0.1, 0.15) is 11.3 Å². The fourth-order valence-corrected chi connectivity index (χ4v) is 2.37. The molecule has 19 heavy (non-hydrogen) atoms. The quantitative estimate of drug-likeness (QED) is 0.910. The minimum Gasteiger partial charge on any atom is -0.395 e. The van der Waals surface area contributed by atoms with Crippen LogP contribution in [0.25, 0.3) is 5.69 Å². The summed E-state index contributed by atoms with van der Waals surface area (Å²) in [4.78, 5) is 2.00. The van der Waals surface area contributed by atoms with Crippen molar-refractivity contribution in [3.63, 3.8) is 0 Å². The molecular formula is C13H17BrN4O. The van der Waals surface area contributed by atoms with Crippen molar-refractivity contribution in [2.45, 2.75) is 13.5 Å². The van der Waals surface area contributed by atoms with Gasteiger partial charge in [0, 0.05) is 17.6 Å². The lowest BCUT2D eigenvalue weighted by Gasteiger charge is -2.12. The number of hydrogen-bond donors (Lipinski definition) is 1. The van der Waals surface area contributed by atoms with Crippen LogP contribution in [0.5, 0.6) is 0 Å². The highest BCUT2D eigenvalue weighted by molar-refractivity contribution is 9.10. The summed E-state index contributed by atoms with van der Waals surface area (Å²) < 4.78 is 2.83. The third kappa shape index (κ3) is 3.62. The highest BCUT2D eigenvalue weighted by Gasteiger charge is 2.07. The number of aliphatic hydroxyl groups excluding tert-OH is 1.